The van der Waals surface area contributed by atoms with Gasteiger partial charge in [0, 0.05) is 19.6 Å². The molecule has 0 bridgehead atoms. The van der Waals surface area contributed by atoms with E-state index in [1.165, 1.54) is 0 Å². The first-order valence-corrected chi connectivity index (χ1v) is 8.06. The Hall–Kier alpha value is -2.24. The maximum absolute atomic E-state index is 12.6. The van der Waals surface area contributed by atoms with E-state index in [-0.39, 0.29) is 11.8 Å². The van der Waals surface area contributed by atoms with Crippen LogP contribution in [0.25, 0.3) is 0 Å². The van der Waals surface area contributed by atoms with E-state index in [0.717, 1.165) is 12.1 Å². The van der Waals surface area contributed by atoms with Crippen LogP contribution in [0.3, 0.4) is 0 Å². The summed E-state index contributed by atoms with van der Waals surface area (Å²) in [7, 11) is 3.91. The van der Waals surface area contributed by atoms with Gasteiger partial charge in [0.2, 0.25) is 0 Å². The summed E-state index contributed by atoms with van der Waals surface area (Å²) >= 11 is 6.11. The normalized spacial score (nSPS) is 10.7. The van der Waals surface area contributed by atoms with Gasteiger partial charge in [-0.1, -0.05) is 35.9 Å². The smallest absolute Gasteiger partial charge is 0.322 e. The van der Waals surface area contributed by atoms with Crippen LogP contribution >= 0.6 is 11.6 Å². The Morgan fingerprint density at radius 2 is 1.88 bits per heavy atom. The lowest BCUT2D eigenvalue weighted by Crippen LogP contribution is -2.39. The first-order chi connectivity index (χ1) is 11.5. The molecular weight excluding hydrogens is 326 g/mol. The standard InChI is InChI=1S/C18H22ClN3O2/c1-21(2)10-11-22(13-14-6-5-7-15(23)12-14)18(24)20-17-9-4-3-8-16(17)19/h3-9,12,23H,10-11,13H2,1-2H3,(H,20,24). The number of phenolic OH excluding ortho intramolecular Hbond substituents is 1. The molecule has 0 aliphatic heterocycles. The summed E-state index contributed by atoms with van der Waals surface area (Å²) in [5, 5.41) is 12.9. The number of phenols is 1. The van der Waals surface area contributed by atoms with Crippen molar-refractivity contribution in [1.82, 2.24) is 9.80 Å². The fourth-order valence-electron chi connectivity index (χ4n) is 2.21. The molecular formula is C18H22ClN3O2. The third-order valence-electron chi connectivity index (χ3n) is 3.50. The van der Waals surface area contributed by atoms with Crippen molar-refractivity contribution in [2.45, 2.75) is 6.54 Å². The minimum absolute atomic E-state index is 0.187. The number of amides is 2. The fourth-order valence-corrected chi connectivity index (χ4v) is 2.39. The van der Waals surface area contributed by atoms with Crippen molar-refractivity contribution < 1.29 is 9.90 Å². The molecule has 2 N–H and O–H groups in total. The summed E-state index contributed by atoms with van der Waals surface area (Å²) in [6.07, 6.45) is 0. The first-order valence-electron chi connectivity index (χ1n) is 7.69. The Labute approximate surface area is 147 Å². The average molecular weight is 348 g/mol. The molecule has 2 aromatic carbocycles. The number of hydrogen-bond acceptors (Lipinski definition) is 3. The van der Waals surface area contributed by atoms with Gasteiger partial charge in [0.25, 0.3) is 0 Å². The van der Waals surface area contributed by atoms with Gasteiger partial charge in [-0.15, -0.1) is 0 Å². The number of benzene rings is 2. The molecule has 2 aromatic rings. The summed E-state index contributed by atoms with van der Waals surface area (Å²) < 4.78 is 0. The van der Waals surface area contributed by atoms with E-state index >= 15 is 0 Å². The molecule has 0 saturated heterocycles. The molecule has 0 aliphatic carbocycles. The highest BCUT2D eigenvalue weighted by Crippen LogP contribution is 2.21. The molecule has 6 heteroatoms. The molecule has 0 radical (unpaired) electrons. The summed E-state index contributed by atoms with van der Waals surface area (Å²) in [5.74, 6) is 0.187. The molecule has 0 heterocycles. The van der Waals surface area contributed by atoms with E-state index < -0.39 is 0 Å². The number of nitrogens with zero attached hydrogens (tertiary/aromatic N) is 2. The van der Waals surface area contributed by atoms with Gasteiger partial charge in [-0.25, -0.2) is 4.79 Å². The Morgan fingerprint density at radius 1 is 1.12 bits per heavy atom. The van der Waals surface area contributed by atoms with E-state index in [9.17, 15) is 9.90 Å². The molecule has 0 fully saturated rings. The van der Waals surface area contributed by atoms with Crippen molar-refractivity contribution >= 4 is 23.3 Å². The van der Waals surface area contributed by atoms with Crippen LogP contribution < -0.4 is 5.32 Å². The Balaban J connectivity index is 2.12. The van der Waals surface area contributed by atoms with Crippen LogP contribution in [0.2, 0.25) is 5.02 Å². The molecule has 0 aromatic heterocycles. The summed E-state index contributed by atoms with van der Waals surface area (Å²) in [5.41, 5.74) is 1.44. The minimum atomic E-state index is -0.228. The van der Waals surface area contributed by atoms with Crippen LogP contribution in [0, 0.1) is 0 Å². The van der Waals surface area contributed by atoms with E-state index in [1.54, 1.807) is 35.2 Å². The summed E-state index contributed by atoms with van der Waals surface area (Å²) in [4.78, 5) is 16.3. The Morgan fingerprint density at radius 3 is 2.54 bits per heavy atom. The molecule has 0 spiro atoms. The monoisotopic (exact) mass is 347 g/mol. The first kappa shape index (κ1) is 18.1. The van der Waals surface area contributed by atoms with Gasteiger partial charge in [-0.3, -0.25) is 0 Å². The summed E-state index contributed by atoms with van der Waals surface area (Å²) in [6, 6.07) is 13.8. The van der Waals surface area contributed by atoms with Gasteiger partial charge in [0.05, 0.1) is 10.7 Å². The number of anilines is 1. The predicted octanol–water partition coefficient (Wildman–Crippen LogP) is 3.64. The SMILES string of the molecule is CN(C)CCN(Cc1cccc(O)c1)C(=O)Nc1ccccc1Cl. The Bertz CT molecular complexity index is 691. The molecule has 0 saturated carbocycles. The Kier molecular flexibility index (Phi) is 6.46. The van der Waals surface area contributed by atoms with Crippen LogP contribution in [0.4, 0.5) is 10.5 Å². The summed E-state index contributed by atoms with van der Waals surface area (Å²) in [6.45, 7) is 1.69. The number of likely N-dealkylation sites (N-methyl/N-ethyl adjacent to an activating group) is 1. The van der Waals surface area contributed by atoms with Crippen molar-refractivity contribution in [1.29, 1.82) is 0 Å². The topological polar surface area (TPSA) is 55.8 Å². The van der Waals surface area contributed by atoms with Crippen LogP contribution in [0.15, 0.2) is 48.5 Å². The van der Waals surface area contributed by atoms with Gasteiger partial charge in [-0.05, 0) is 43.9 Å². The molecule has 5 nitrogen and oxygen atoms in total. The number of rotatable bonds is 6. The van der Waals surface area contributed by atoms with E-state index in [0.29, 0.717) is 23.8 Å². The van der Waals surface area contributed by atoms with Gasteiger partial charge in [-0.2, -0.15) is 0 Å². The number of urea groups is 1. The molecule has 2 amide bonds. The van der Waals surface area contributed by atoms with E-state index in [4.69, 9.17) is 11.6 Å². The largest absolute Gasteiger partial charge is 0.508 e. The number of para-hydroxylation sites is 1. The average Bonchev–Trinajstić information content (AvgIpc) is 2.53. The van der Waals surface area contributed by atoms with E-state index in [2.05, 4.69) is 5.32 Å². The third-order valence-corrected chi connectivity index (χ3v) is 3.83. The lowest BCUT2D eigenvalue weighted by Gasteiger charge is -2.25. The number of nitrogens with one attached hydrogen (secondary N) is 1. The van der Waals surface area contributed by atoms with Crippen LogP contribution in [0.1, 0.15) is 5.56 Å². The van der Waals surface area contributed by atoms with Crippen molar-refractivity contribution in [3.8, 4) is 5.75 Å². The van der Waals surface area contributed by atoms with Gasteiger partial charge in [0.15, 0.2) is 0 Å². The lowest BCUT2D eigenvalue weighted by atomic mass is 10.2. The third kappa shape index (κ3) is 5.44. The van der Waals surface area contributed by atoms with E-state index in [1.807, 2.05) is 37.2 Å². The quantitative estimate of drug-likeness (QED) is 0.838. The zero-order valence-electron chi connectivity index (χ0n) is 13.9. The second-order valence-corrected chi connectivity index (χ2v) is 6.21. The van der Waals surface area contributed by atoms with Gasteiger partial charge >= 0.3 is 6.03 Å². The second-order valence-electron chi connectivity index (χ2n) is 5.80. The van der Waals surface area contributed by atoms with Crippen LogP contribution in [-0.2, 0) is 6.54 Å². The number of halogens is 1. The zero-order valence-corrected chi connectivity index (χ0v) is 14.6. The highest BCUT2D eigenvalue weighted by molar-refractivity contribution is 6.33. The minimum Gasteiger partial charge on any atom is -0.508 e. The maximum atomic E-state index is 12.6. The highest BCUT2D eigenvalue weighted by atomic mass is 35.5. The second kappa shape index (κ2) is 8.57. The lowest BCUT2D eigenvalue weighted by molar-refractivity contribution is 0.202. The molecule has 2 rings (SSSR count). The fraction of sp³-hybridized carbons (Fsp3) is 0.278. The van der Waals surface area contributed by atoms with Gasteiger partial charge < -0.3 is 20.2 Å². The van der Waals surface area contributed by atoms with Crippen molar-refractivity contribution in [2.75, 3.05) is 32.5 Å². The number of aromatic hydroxyl groups is 1. The van der Waals surface area contributed by atoms with Gasteiger partial charge in [0.1, 0.15) is 5.75 Å². The zero-order chi connectivity index (χ0) is 17.5. The van der Waals surface area contributed by atoms with Crippen molar-refractivity contribution in [3.63, 3.8) is 0 Å². The number of carbonyl (C=O) groups excluding carboxylic acids is 1. The maximum Gasteiger partial charge on any atom is 0.322 e. The molecule has 24 heavy (non-hydrogen) atoms. The highest BCUT2D eigenvalue weighted by Gasteiger charge is 2.15. The van der Waals surface area contributed by atoms with Crippen LogP contribution in [0.5, 0.6) is 5.75 Å². The molecule has 128 valence electrons. The predicted molar refractivity (Wildman–Crippen MR) is 97.5 cm³/mol. The number of hydrogen-bond donors (Lipinski definition) is 2. The molecule has 0 unspecified atom stereocenters. The van der Waals surface area contributed by atoms with Crippen LogP contribution in [-0.4, -0.2) is 48.1 Å². The van der Waals surface area contributed by atoms with Crippen molar-refractivity contribution in [3.05, 3.63) is 59.1 Å². The molecule has 0 atom stereocenters. The van der Waals surface area contributed by atoms with Crippen molar-refractivity contribution in [2.24, 2.45) is 0 Å². The molecule has 0 aliphatic rings. The number of carbonyl (C=O) groups is 1.